The SMILES string of the molecule is Nc1ccc(C2=C(c3ccccc3)C3=NC2=CC2=NC(=CC4=NC(=CC5=NC(=C3c3ccccc3)C(c3ccccc3)=C5c3ccccc3)C=C4)C=C2)cc1. The van der Waals surface area contributed by atoms with E-state index >= 15 is 0 Å². The topological polar surface area (TPSA) is 75.5 Å². The van der Waals surface area contributed by atoms with Gasteiger partial charge in [-0.3, -0.25) is 0 Å². The molecule has 0 saturated heterocycles. The molecule has 8 bridgehead atoms. The average molecular weight is 704 g/mol. The van der Waals surface area contributed by atoms with E-state index in [2.05, 4.69) is 140 Å². The molecule has 5 aliphatic heterocycles. The van der Waals surface area contributed by atoms with E-state index in [0.29, 0.717) is 5.69 Å². The maximum atomic E-state index is 6.26. The second-order valence-electron chi connectivity index (χ2n) is 13.7. The molecule has 0 fully saturated rings. The first kappa shape index (κ1) is 32.2. The molecule has 0 amide bonds. The van der Waals surface area contributed by atoms with E-state index < -0.39 is 0 Å². The number of nitrogens with zero attached hydrogens (tertiary/aromatic N) is 4. The number of hydrogen-bond donors (Lipinski definition) is 1. The summed E-state index contributed by atoms with van der Waals surface area (Å²) < 4.78 is 0. The van der Waals surface area contributed by atoms with Gasteiger partial charge in [-0.05, 0) is 82.5 Å². The normalized spacial score (nSPS) is 17.2. The van der Waals surface area contributed by atoms with Crippen molar-refractivity contribution in [3.63, 3.8) is 0 Å². The van der Waals surface area contributed by atoms with Crippen LogP contribution < -0.4 is 5.73 Å². The molecule has 0 aliphatic carbocycles. The van der Waals surface area contributed by atoms with Gasteiger partial charge in [0.05, 0.1) is 45.6 Å². The van der Waals surface area contributed by atoms with Gasteiger partial charge in [-0.15, -0.1) is 0 Å². The van der Waals surface area contributed by atoms with Crippen molar-refractivity contribution in [2.45, 2.75) is 0 Å². The Balaban J connectivity index is 1.39. The highest BCUT2D eigenvalue weighted by molar-refractivity contribution is 6.54. The molecule has 5 aliphatic rings. The maximum absolute atomic E-state index is 6.26. The highest BCUT2D eigenvalue weighted by Gasteiger charge is 2.35. The van der Waals surface area contributed by atoms with Crippen LogP contribution in [0.15, 0.2) is 231 Å². The molecule has 258 valence electrons. The van der Waals surface area contributed by atoms with Crippen LogP contribution in [0.1, 0.15) is 27.8 Å². The van der Waals surface area contributed by atoms with Crippen LogP contribution in [0.5, 0.6) is 0 Å². The summed E-state index contributed by atoms with van der Waals surface area (Å²) in [5.74, 6) is 0. The Morgan fingerprint density at radius 2 is 0.818 bits per heavy atom. The largest absolute Gasteiger partial charge is 0.399 e. The summed E-state index contributed by atoms with van der Waals surface area (Å²) in [7, 11) is 0. The molecule has 0 saturated carbocycles. The van der Waals surface area contributed by atoms with E-state index in [-0.39, 0.29) is 0 Å². The van der Waals surface area contributed by atoms with Crippen molar-refractivity contribution in [1.29, 1.82) is 0 Å². The number of anilines is 1. The summed E-state index contributed by atoms with van der Waals surface area (Å²) in [5.41, 5.74) is 23.7. The summed E-state index contributed by atoms with van der Waals surface area (Å²) in [5, 5.41) is 0. The molecule has 0 aromatic heterocycles. The summed E-state index contributed by atoms with van der Waals surface area (Å²) in [6, 6.07) is 50.2. The van der Waals surface area contributed by atoms with Crippen LogP contribution in [0.2, 0.25) is 0 Å². The Kier molecular flexibility index (Phi) is 7.89. The number of benzene rings is 5. The molecule has 5 nitrogen and oxygen atoms in total. The van der Waals surface area contributed by atoms with Gasteiger partial charge in [0, 0.05) is 33.6 Å². The molecule has 5 aromatic carbocycles. The number of nitrogens with two attached hydrogens (primary N) is 1. The molecule has 55 heavy (non-hydrogen) atoms. The minimum atomic E-state index is 0.699. The van der Waals surface area contributed by atoms with Crippen LogP contribution in [0.25, 0.3) is 27.9 Å². The Hall–Kier alpha value is -7.50. The molecule has 0 atom stereocenters. The highest BCUT2D eigenvalue weighted by atomic mass is 14.9. The third-order valence-electron chi connectivity index (χ3n) is 10.1. The van der Waals surface area contributed by atoms with E-state index in [9.17, 15) is 0 Å². The smallest absolute Gasteiger partial charge is 0.0822 e. The van der Waals surface area contributed by atoms with E-state index in [4.69, 9.17) is 25.7 Å². The zero-order valence-corrected chi connectivity index (χ0v) is 29.8. The molecular weight excluding hydrogens is 671 g/mol. The Morgan fingerprint density at radius 3 is 1.40 bits per heavy atom. The summed E-state index contributed by atoms with van der Waals surface area (Å²) >= 11 is 0. The minimum absolute atomic E-state index is 0.699. The first-order chi connectivity index (χ1) is 27.2. The summed E-state index contributed by atoms with van der Waals surface area (Å²) in [6.07, 6.45) is 14.3. The zero-order chi connectivity index (χ0) is 36.7. The lowest BCUT2D eigenvalue weighted by Gasteiger charge is -2.18. The second kappa shape index (κ2) is 13.5. The number of hydrogen-bond acceptors (Lipinski definition) is 5. The van der Waals surface area contributed by atoms with Gasteiger partial charge in [-0.2, -0.15) is 0 Å². The molecule has 5 aromatic rings. The van der Waals surface area contributed by atoms with Crippen LogP contribution in [0, 0.1) is 0 Å². The molecule has 0 radical (unpaired) electrons. The van der Waals surface area contributed by atoms with Crippen LogP contribution in [-0.4, -0.2) is 22.8 Å². The van der Waals surface area contributed by atoms with Crippen molar-refractivity contribution < 1.29 is 0 Å². The van der Waals surface area contributed by atoms with Gasteiger partial charge < -0.3 is 5.73 Å². The number of aliphatic imine (C=N–C) groups is 4. The van der Waals surface area contributed by atoms with E-state index in [0.717, 1.165) is 101 Å². The zero-order valence-electron chi connectivity index (χ0n) is 29.8. The van der Waals surface area contributed by atoms with Gasteiger partial charge in [0.15, 0.2) is 0 Å². The van der Waals surface area contributed by atoms with E-state index in [1.807, 2.05) is 48.6 Å². The van der Waals surface area contributed by atoms with Gasteiger partial charge in [0.1, 0.15) is 0 Å². The predicted molar refractivity (Wildman–Crippen MR) is 229 cm³/mol. The van der Waals surface area contributed by atoms with Gasteiger partial charge in [-0.25, -0.2) is 20.0 Å². The fraction of sp³-hybridized carbons (Fsp3) is 0. The molecule has 5 heterocycles. The van der Waals surface area contributed by atoms with Gasteiger partial charge in [-0.1, -0.05) is 133 Å². The minimum Gasteiger partial charge on any atom is -0.399 e. The fourth-order valence-electron chi connectivity index (χ4n) is 7.67. The monoisotopic (exact) mass is 703 g/mol. The van der Waals surface area contributed by atoms with Crippen LogP contribution >= 0.6 is 0 Å². The number of nitrogen functional groups attached to an aromatic ring is 1. The number of fused-ring (bicyclic) bond motifs is 4. The van der Waals surface area contributed by atoms with Gasteiger partial charge in [0.2, 0.25) is 0 Å². The molecule has 5 heteroatoms. The van der Waals surface area contributed by atoms with Crippen LogP contribution in [-0.2, 0) is 0 Å². The Bertz CT molecular complexity index is 2780. The lowest BCUT2D eigenvalue weighted by atomic mass is 9.84. The Morgan fingerprint density at radius 1 is 0.345 bits per heavy atom. The molecule has 2 N–H and O–H groups in total. The Labute approximate surface area is 319 Å². The van der Waals surface area contributed by atoms with Crippen molar-refractivity contribution in [1.82, 2.24) is 0 Å². The van der Waals surface area contributed by atoms with E-state index in [1.165, 1.54) is 0 Å². The number of rotatable bonds is 5. The third-order valence-corrected chi connectivity index (χ3v) is 10.1. The molecule has 0 unspecified atom stereocenters. The number of allylic oxidation sites excluding steroid dienone is 12. The van der Waals surface area contributed by atoms with Crippen molar-refractivity contribution in [3.05, 3.63) is 239 Å². The van der Waals surface area contributed by atoms with Crippen molar-refractivity contribution in [2.24, 2.45) is 20.0 Å². The van der Waals surface area contributed by atoms with Gasteiger partial charge >= 0.3 is 0 Å². The molecule has 10 rings (SSSR count). The fourth-order valence-corrected chi connectivity index (χ4v) is 7.67. The molecule has 0 spiro atoms. The summed E-state index contributed by atoms with van der Waals surface area (Å²) in [6.45, 7) is 0. The second-order valence-corrected chi connectivity index (χ2v) is 13.7. The van der Waals surface area contributed by atoms with Crippen molar-refractivity contribution in [2.75, 3.05) is 5.73 Å². The maximum Gasteiger partial charge on any atom is 0.0822 e. The van der Waals surface area contributed by atoms with Crippen molar-refractivity contribution >= 4 is 56.4 Å². The van der Waals surface area contributed by atoms with Crippen LogP contribution in [0.3, 0.4) is 0 Å². The lowest BCUT2D eigenvalue weighted by molar-refractivity contribution is 1.41. The highest BCUT2D eigenvalue weighted by Crippen LogP contribution is 2.49. The average Bonchev–Trinajstić information content (AvgIpc) is 4.03. The predicted octanol–water partition coefficient (Wildman–Crippen LogP) is 10.8. The third kappa shape index (κ3) is 5.94. The first-order valence-corrected chi connectivity index (χ1v) is 18.3. The standard InChI is InChI=1S/C50H33N5/c51-37-23-21-36(22-24-37)45-43-31-41-28-26-39(53-41)29-38-25-27-40(52-38)30-42-44(32-13-5-1-6-14-32)46(33-15-7-2-8-16-33)49(54-42)48(35-19-11-4-12-20-35)50(55-43)47(45)34-17-9-3-10-18-34/h1-31H,51H2. The lowest BCUT2D eigenvalue weighted by Crippen LogP contribution is -2.07. The van der Waals surface area contributed by atoms with Crippen molar-refractivity contribution in [3.8, 4) is 0 Å². The van der Waals surface area contributed by atoms with Crippen LogP contribution in [0.4, 0.5) is 5.69 Å². The first-order valence-electron chi connectivity index (χ1n) is 18.3. The van der Waals surface area contributed by atoms with E-state index in [1.54, 1.807) is 0 Å². The van der Waals surface area contributed by atoms with Gasteiger partial charge in [0.25, 0.3) is 0 Å². The summed E-state index contributed by atoms with van der Waals surface area (Å²) in [4.78, 5) is 21.3. The molecular formula is C50H33N5. The quantitative estimate of drug-likeness (QED) is 0.182.